The molecule has 0 fully saturated rings. The first-order valence-electron chi connectivity index (χ1n) is 4.32. The van der Waals surface area contributed by atoms with Crippen molar-refractivity contribution in [3.63, 3.8) is 0 Å². The number of benzene rings is 1. The van der Waals surface area contributed by atoms with E-state index in [9.17, 15) is 14.3 Å². The minimum atomic E-state index is -1.55. The van der Waals surface area contributed by atoms with E-state index >= 15 is 0 Å². The second-order valence-corrected chi connectivity index (χ2v) is 3.06. The van der Waals surface area contributed by atoms with Gasteiger partial charge in [0, 0.05) is 5.56 Å². The largest absolute Gasteiger partial charge is 0.394 e. The molecule has 3 N–H and O–H groups in total. The first kappa shape index (κ1) is 11.8. The van der Waals surface area contributed by atoms with Gasteiger partial charge in [0.15, 0.2) is 6.29 Å². The lowest BCUT2D eigenvalue weighted by molar-refractivity contribution is -0.0168. The van der Waals surface area contributed by atoms with E-state index in [1.54, 1.807) is 0 Å². The van der Waals surface area contributed by atoms with Gasteiger partial charge < -0.3 is 15.3 Å². The van der Waals surface area contributed by atoms with Crippen LogP contribution in [0.3, 0.4) is 0 Å². The summed E-state index contributed by atoms with van der Waals surface area (Å²) in [5.74, 6) is -0.882. The maximum Gasteiger partial charge on any atom is 0.153 e. The summed E-state index contributed by atoms with van der Waals surface area (Å²) in [6.07, 6.45) is -2.70. The Hall–Kier alpha value is -1.30. The van der Waals surface area contributed by atoms with E-state index < -0.39 is 24.6 Å². The molecule has 0 spiro atoms. The second-order valence-electron chi connectivity index (χ2n) is 3.06. The monoisotopic (exact) mass is 214 g/mol. The summed E-state index contributed by atoms with van der Waals surface area (Å²) >= 11 is 0. The van der Waals surface area contributed by atoms with Crippen LogP contribution in [-0.2, 0) is 0 Å². The molecule has 1 aromatic rings. The number of aldehydes is 1. The van der Waals surface area contributed by atoms with Gasteiger partial charge in [-0.25, -0.2) is 4.39 Å². The van der Waals surface area contributed by atoms with Crippen molar-refractivity contribution in [2.75, 3.05) is 6.61 Å². The van der Waals surface area contributed by atoms with Gasteiger partial charge in [-0.1, -0.05) is 12.1 Å². The Balaban J connectivity index is 3.09. The minimum absolute atomic E-state index is 0.198. The van der Waals surface area contributed by atoms with Crippen molar-refractivity contribution in [1.29, 1.82) is 0 Å². The van der Waals surface area contributed by atoms with Crippen LogP contribution < -0.4 is 0 Å². The molecule has 0 aliphatic rings. The maximum absolute atomic E-state index is 13.4. The van der Waals surface area contributed by atoms with E-state index in [4.69, 9.17) is 10.2 Å². The second kappa shape index (κ2) is 4.97. The summed E-state index contributed by atoms with van der Waals surface area (Å²) in [7, 11) is 0. The molecule has 0 aromatic heterocycles. The van der Waals surface area contributed by atoms with E-state index in [1.807, 2.05) is 0 Å². The lowest BCUT2D eigenvalue weighted by Gasteiger charge is -2.16. The highest BCUT2D eigenvalue weighted by Crippen LogP contribution is 2.21. The molecule has 1 aromatic carbocycles. The number of carbonyl (C=O) groups is 1. The first-order chi connectivity index (χ1) is 7.11. The Labute approximate surface area is 85.6 Å². The van der Waals surface area contributed by atoms with Crippen molar-refractivity contribution in [1.82, 2.24) is 0 Å². The SMILES string of the molecule is O=Cc1cccc(C(O)C(O)CO)c1F. The van der Waals surface area contributed by atoms with Crippen molar-refractivity contribution in [2.45, 2.75) is 12.2 Å². The molecule has 0 radical (unpaired) electrons. The molecular formula is C10H11FO4. The number of rotatable bonds is 4. The van der Waals surface area contributed by atoms with Gasteiger partial charge in [0.25, 0.3) is 0 Å². The van der Waals surface area contributed by atoms with Crippen molar-refractivity contribution >= 4 is 6.29 Å². The predicted octanol–water partition coefficient (Wildman–Crippen LogP) is 0.0248. The van der Waals surface area contributed by atoms with Crippen molar-refractivity contribution in [3.05, 3.63) is 35.1 Å². The van der Waals surface area contributed by atoms with E-state index in [-0.39, 0.29) is 11.1 Å². The third-order valence-electron chi connectivity index (χ3n) is 2.06. The molecule has 5 heteroatoms. The minimum Gasteiger partial charge on any atom is -0.394 e. The number of halogens is 1. The molecule has 0 heterocycles. The molecule has 0 aliphatic carbocycles. The van der Waals surface area contributed by atoms with Crippen LogP contribution >= 0.6 is 0 Å². The molecule has 0 aliphatic heterocycles. The van der Waals surface area contributed by atoms with Crippen LogP contribution in [0.4, 0.5) is 4.39 Å². The van der Waals surface area contributed by atoms with Crippen LogP contribution in [0.2, 0.25) is 0 Å². The van der Waals surface area contributed by atoms with Crippen molar-refractivity contribution in [2.24, 2.45) is 0 Å². The lowest BCUT2D eigenvalue weighted by atomic mass is 10.0. The number of carbonyl (C=O) groups excluding carboxylic acids is 1. The van der Waals surface area contributed by atoms with Gasteiger partial charge in [-0.05, 0) is 6.07 Å². The van der Waals surface area contributed by atoms with Gasteiger partial charge >= 0.3 is 0 Å². The topological polar surface area (TPSA) is 77.8 Å². The summed E-state index contributed by atoms with van der Waals surface area (Å²) in [5, 5.41) is 27.1. The van der Waals surface area contributed by atoms with E-state index in [0.717, 1.165) is 0 Å². The Morgan fingerprint density at radius 2 is 2.07 bits per heavy atom. The Bertz CT molecular complexity index is 353. The molecule has 0 bridgehead atoms. The zero-order valence-electron chi connectivity index (χ0n) is 7.80. The highest BCUT2D eigenvalue weighted by Gasteiger charge is 2.21. The summed E-state index contributed by atoms with van der Waals surface area (Å²) in [4.78, 5) is 10.4. The number of hydrogen-bond donors (Lipinski definition) is 3. The molecule has 1 rings (SSSR count). The van der Waals surface area contributed by atoms with E-state index in [1.165, 1.54) is 18.2 Å². The maximum atomic E-state index is 13.4. The molecule has 15 heavy (non-hydrogen) atoms. The van der Waals surface area contributed by atoms with Crippen LogP contribution in [0.25, 0.3) is 0 Å². The van der Waals surface area contributed by atoms with Crippen LogP contribution in [0.1, 0.15) is 22.0 Å². The van der Waals surface area contributed by atoms with Gasteiger partial charge in [-0.2, -0.15) is 0 Å². The molecule has 2 atom stereocenters. The van der Waals surface area contributed by atoms with Gasteiger partial charge in [0.05, 0.1) is 12.2 Å². The zero-order chi connectivity index (χ0) is 11.4. The van der Waals surface area contributed by atoms with Gasteiger partial charge in [-0.3, -0.25) is 4.79 Å². The van der Waals surface area contributed by atoms with Crippen LogP contribution in [0.5, 0.6) is 0 Å². The summed E-state index contributed by atoms with van der Waals surface area (Å²) < 4.78 is 13.4. The fourth-order valence-corrected chi connectivity index (χ4v) is 1.19. The normalized spacial score (nSPS) is 14.7. The Morgan fingerprint density at radius 1 is 1.40 bits per heavy atom. The number of hydrogen-bond acceptors (Lipinski definition) is 4. The van der Waals surface area contributed by atoms with Crippen LogP contribution in [-0.4, -0.2) is 34.3 Å². The molecule has 0 saturated carbocycles. The predicted molar refractivity (Wildman–Crippen MR) is 49.8 cm³/mol. The Morgan fingerprint density at radius 3 is 2.60 bits per heavy atom. The smallest absolute Gasteiger partial charge is 0.153 e. The fourth-order valence-electron chi connectivity index (χ4n) is 1.19. The van der Waals surface area contributed by atoms with Crippen LogP contribution in [0, 0.1) is 5.82 Å². The molecular weight excluding hydrogens is 203 g/mol. The van der Waals surface area contributed by atoms with Gasteiger partial charge in [0.2, 0.25) is 0 Å². The van der Waals surface area contributed by atoms with Crippen molar-refractivity contribution in [3.8, 4) is 0 Å². The average Bonchev–Trinajstić information content (AvgIpc) is 2.27. The lowest BCUT2D eigenvalue weighted by Crippen LogP contribution is -2.23. The standard InChI is InChI=1S/C10H11FO4/c11-9-6(4-12)2-1-3-7(9)10(15)8(14)5-13/h1-4,8,10,13-15H,5H2. The highest BCUT2D eigenvalue weighted by atomic mass is 19.1. The molecule has 4 nitrogen and oxygen atoms in total. The summed E-state index contributed by atoms with van der Waals surface area (Å²) in [6.45, 7) is -0.689. The van der Waals surface area contributed by atoms with Crippen molar-refractivity contribution < 1.29 is 24.5 Å². The molecule has 0 saturated heterocycles. The number of aliphatic hydroxyl groups excluding tert-OH is 3. The van der Waals surface area contributed by atoms with Gasteiger partial charge in [-0.15, -0.1) is 0 Å². The Kier molecular flexibility index (Phi) is 3.90. The third kappa shape index (κ3) is 2.38. The van der Waals surface area contributed by atoms with E-state index in [0.29, 0.717) is 6.29 Å². The number of aliphatic hydroxyl groups is 3. The van der Waals surface area contributed by atoms with E-state index in [2.05, 4.69) is 0 Å². The first-order valence-corrected chi connectivity index (χ1v) is 4.32. The van der Waals surface area contributed by atoms with Crippen LogP contribution in [0.15, 0.2) is 18.2 Å². The molecule has 0 amide bonds. The fraction of sp³-hybridized carbons (Fsp3) is 0.300. The zero-order valence-corrected chi connectivity index (χ0v) is 7.80. The quantitative estimate of drug-likeness (QED) is 0.618. The average molecular weight is 214 g/mol. The summed E-state index contributed by atoms with van der Waals surface area (Å²) in [6, 6.07) is 3.88. The van der Waals surface area contributed by atoms with Gasteiger partial charge in [0.1, 0.15) is 18.0 Å². The molecule has 82 valence electrons. The summed E-state index contributed by atoms with van der Waals surface area (Å²) in [5.41, 5.74) is -0.405. The highest BCUT2D eigenvalue weighted by molar-refractivity contribution is 5.75. The molecule has 2 unspecified atom stereocenters. The third-order valence-corrected chi connectivity index (χ3v) is 2.06.